The molecule has 0 amide bonds. The minimum absolute atomic E-state index is 0.0943. The summed E-state index contributed by atoms with van der Waals surface area (Å²) in [5, 5.41) is 9.31. The third-order valence-electron chi connectivity index (χ3n) is 2.60. The summed E-state index contributed by atoms with van der Waals surface area (Å²) in [6.07, 6.45) is -4.62. The second kappa shape index (κ2) is 6.51. The molecular weight excluding hydrogens is 311 g/mol. The van der Waals surface area contributed by atoms with Crippen molar-refractivity contribution in [3.8, 4) is 5.40 Å². The molecule has 1 rings (SSSR count). The number of halogens is 4. The van der Waals surface area contributed by atoms with Gasteiger partial charge in [0, 0.05) is 5.56 Å². The minimum Gasteiger partial charge on any atom is -0.293 e. The second-order valence-electron chi connectivity index (χ2n) is 4.43. The van der Waals surface area contributed by atoms with Gasteiger partial charge in [-0.3, -0.25) is 4.79 Å². The molecular formula is C13H11ClF3NOS. The normalized spacial score (nSPS) is 13.1. The predicted molar refractivity (Wildman–Crippen MR) is 72.6 cm³/mol. The molecule has 0 fully saturated rings. The van der Waals surface area contributed by atoms with Crippen molar-refractivity contribution in [1.82, 2.24) is 0 Å². The molecule has 1 atom stereocenters. The molecule has 2 nitrogen and oxygen atoms in total. The van der Waals surface area contributed by atoms with Crippen molar-refractivity contribution < 1.29 is 18.0 Å². The number of thiocyanates is 1. The number of nitrogens with zero attached hydrogens (tertiary/aromatic N) is 1. The number of carbonyl (C=O) groups is 1. The Labute approximate surface area is 123 Å². The van der Waals surface area contributed by atoms with E-state index in [-0.39, 0.29) is 11.5 Å². The van der Waals surface area contributed by atoms with Gasteiger partial charge in [0.05, 0.1) is 15.8 Å². The molecule has 0 aliphatic rings. The highest BCUT2D eigenvalue weighted by molar-refractivity contribution is 8.05. The van der Waals surface area contributed by atoms with E-state index in [1.54, 1.807) is 19.2 Å². The Balaban J connectivity index is 3.21. The Morgan fingerprint density at radius 2 is 2.00 bits per heavy atom. The maximum Gasteiger partial charge on any atom is 0.417 e. The molecule has 7 heteroatoms. The number of Topliss-reactive ketones (excluding diaryl/α,β-unsaturated/α-hetero) is 1. The van der Waals surface area contributed by atoms with Crippen molar-refractivity contribution in [1.29, 1.82) is 5.26 Å². The van der Waals surface area contributed by atoms with E-state index in [4.69, 9.17) is 16.9 Å². The first-order valence-corrected chi connectivity index (χ1v) is 6.90. The highest BCUT2D eigenvalue weighted by Gasteiger charge is 2.34. The van der Waals surface area contributed by atoms with E-state index in [2.05, 4.69) is 0 Å². The first-order valence-electron chi connectivity index (χ1n) is 5.64. The average Bonchev–Trinajstić information content (AvgIpc) is 2.34. The van der Waals surface area contributed by atoms with Crippen molar-refractivity contribution in [3.05, 3.63) is 34.3 Å². The van der Waals surface area contributed by atoms with Gasteiger partial charge in [-0.1, -0.05) is 25.4 Å². The Morgan fingerprint density at radius 1 is 1.40 bits per heavy atom. The van der Waals surface area contributed by atoms with Crippen LogP contribution in [0.1, 0.15) is 29.8 Å². The fourth-order valence-electron chi connectivity index (χ4n) is 1.61. The molecule has 0 aromatic heterocycles. The standard InChI is InChI=1S/C13H11ClF3NOS/c1-7(2)12(20-6-18)11(19)8-3-4-10(14)9(5-8)13(15,16)17/h3-5,7,12H,1-2H3. The van der Waals surface area contributed by atoms with Crippen LogP contribution in [0.2, 0.25) is 5.02 Å². The summed E-state index contributed by atoms with van der Waals surface area (Å²) in [6.45, 7) is 3.46. The van der Waals surface area contributed by atoms with E-state index in [0.29, 0.717) is 0 Å². The van der Waals surface area contributed by atoms with Gasteiger partial charge < -0.3 is 0 Å². The molecule has 0 saturated heterocycles. The number of ketones is 1. The van der Waals surface area contributed by atoms with Crippen molar-refractivity contribution in [2.45, 2.75) is 25.3 Å². The van der Waals surface area contributed by atoms with Gasteiger partial charge in [-0.25, -0.2) is 0 Å². The van der Waals surface area contributed by atoms with Crippen LogP contribution in [0.15, 0.2) is 18.2 Å². The molecule has 0 bridgehead atoms. The van der Waals surface area contributed by atoms with E-state index < -0.39 is 27.8 Å². The molecule has 1 unspecified atom stereocenters. The summed E-state index contributed by atoms with van der Waals surface area (Å²) in [5.74, 6) is -0.675. The summed E-state index contributed by atoms with van der Waals surface area (Å²) in [5.41, 5.74) is -1.14. The van der Waals surface area contributed by atoms with Crippen LogP contribution in [-0.4, -0.2) is 11.0 Å². The lowest BCUT2D eigenvalue weighted by Gasteiger charge is -2.17. The number of hydrogen-bond donors (Lipinski definition) is 0. The Hall–Kier alpha value is -1.19. The molecule has 0 saturated carbocycles. The largest absolute Gasteiger partial charge is 0.417 e. The van der Waals surface area contributed by atoms with Crippen molar-refractivity contribution in [3.63, 3.8) is 0 Å². The van der Waals surface area contributed by atoms with Crippen molar-refractivity contribution in [2.24, 2.45) is 5.92 Å². The van der Waals surface area contributed by atoms with Crippen LogP contribution in [0.4, 0.5) is 13.2 Å². The molecule has 20 heavy (non-hydrogen) atoms. The summed E-state index contributed by atoms with van der Waals surface area (Å²) in [4.78, 5) is 12.2. The molecule has 1 aromatic rings. The van der Waals surface area contributed by atoms with Crippen LogP contribution in [0.3, 0.4) is 0 Å². The van der Waals surface area contributed by atoms with Crippen molar-refractivity contribution in [2.75, 3.05) is 0 Å². The van der Waals surface area contributed by atoms with E-state index in [1.165, 1.54) is 6.07 Å². The molecule has 108 valence electrons. The SMILES string of the molecule is CC(C)C(SC#N)C(=O)c1ccc(Cl)c(C(F)(F)F)c1. The van der Waals surface area contributed by atoms with Crippen LogP contribution in [0, 0.1) is 16.6 Å². The van der Waals surface area contributed by atoms with Gasteiger partial charge in [0.2, 0.25) is 0 Å². The van der Waals surface area contributed by atoms with Gasteiger partial charge >= 0.3 is 6.18 Å². The fraction of sp³-hybridized carbons (Fsp3) is 0.385. The number of hydrogen-bond acceptors (Lipinski definition) is 3. The zero-order valence-electron chi connectivity index (χ0n) is 10.7. The summed E-state index contributed by atoms with van der Waals surface area (Å²) >= 11 is 6.25. The molecule has 0 aliphatic heterocycles. The molecule has 0 N–H and O–H groups in total. The van der Waals surface area contributed by atoms with Gasteiger partial charge in [-0.2, -0.15) is 18.4 Å². The van der Waals surface area contributed by atoms with Crippen LogP contribution in [0.5, 0.6) is 0 Å². The summed E-state index contributed by atoms with van der Waals surface area (Å²) in [7, 11) is 0. The Kier molecular flexibility index (Phi) is 5.49. The van der Waals surface area contributed by atoms with Crippen LogP contribution >= 0.6 is 23.4 Å². The van der Waals surface area contributed by atoms with Gasteiger partial charge in [0.1, 0.15) is 5.40 Å². The average molecular weight is 322 g/mol. The lowest BCUT2D eigenvalue weighted by Crippen LogP contribution is -2.23. The van der Waals surface area contributed by atoms with E-state index in [0.717, 1.165) is 23.9 Å². The first kappa shape index (κ1) is 16.9. The van der Waals surface area contributed by atoms with E-state index in [9.17, 15) is 18.0 Å². The fourth-order valence-corrected chi connectivity index (χ4v) is 2.46. The van der Waals surface area contributed by atoms with E-state index >= 15 is 0 Å². The summed E-state index contributed by atoms with van der Waals surface area (Å²) in [6, 6.07) is 3.03. The zero-order chi connectivity index (χ0) is 15.5. The van der Waals surface area contributed by atoms with Crippen molar-refractivity contribution >= 4 is 29.1 Å². The number of alkyl halides is 3. The topological polar surface area (TPSA) is 40.9 Å². The highest BCUT2D eigenvalue weighted by Crippen LogP contribution is 2.36. The van der Waals surface area contributed by atoms with Gasteiger partial charge in [-0.15, -0.1) is 0 Å². The van der Waals surface area contributed by atoms with Gasteiger partial charge in [0.15, 0.2) is 5.78 Å². The Morgan fingerprint density at radius 3 is 2.45 bits per heavy atom. The zero-order valence-corrected chi connectivity index (χ0v) is 12.2. The molecule has 0 spiro atoms. The van der Waals surface area contributed by atoms with Crippen LogP contribution in [-0.2, 0) is 6.18 Å². The maximum absolute atomic E-state index is 12.7. The third-order valence-corrected chi connectivity index (χ3v) is 4.05. The quantitative estimate of drug-likeness (QED) is 0.592. The number of nitriles is 1. The van der Waals surface area contributed by atoms with Gasteiger partial charge in [-0.05, 0) is 35.9 Å². The monoisotopic (exact) mass is 321 g/mol. The first-order chi connectivity index (χ1) is 9.18. The lowest BCUT2D eigenvalue weighted by atomic mass is 9.99. The molecule has 0 radical (unpaired) electrons. The highest BCUT2D eigenvalue weighted by atomic mass is 35.5. The molecule has 1 aromatic carbocycles. The predicted octanol–water partition coefficient (Wildman–Crippen LogP) is 4.78. The number of carbonyl (C=O) groups excluding carboxylic acids is 1. The van der Waals surface area contributed by atoms with E-state index in [1.807, 2.05) is 0 Å². The molecule has 0 aliphatic carbocycles. The third kappa shape index (κ3) is 3.90. The van der Waals surface area contributed by atoms with Gasteiger partial charge in [0.25, 0.3) is 0 Å². The Bertz CT molecular complexity index is 552. The minimum atomic E-state index is -4.62. The lowest BCUT2D eigenvalue weighted by molar-refractivity contribution is -0.137. The second-order valence-corrected chi connectivity index (χ2v) is 5.76. The molecule has 0 heterocycles. The summed E-state index contributed by atoms with van der Waals surface area (Å²) < 4.78 is 38.2. The number of rotatable bonds is 4. The number of thioether (sulfide) groups is 1. The van der Waals surface area contributed by atoms with Crippen LogP contribution in [0.25, 0.3) is 0 Å². The maximum atomic E-state index is 12.7. The number of benzene rings is 1. The smallest absolute Gasteiger partial charge is 0.293 e. The van der Waals surface area contributed by atoms with Crippen LogP contribution < -0.4 is 0 Å².